The number of benzene rings is 1. The van der Waals surface area contributed by atoms with E-state index in [-0.39, 0.29) is 42.3 Å². The van der Waals surface area contributed by atoms with Crippen LogP contribution in [0.5, 0.6) is 5.75 Å². The van der Waals surface area contributed by atoms with Crippen molar-refractivity contribution in [2.45, 2.75) is 24.3 Å². The first kappa shape index (κ1) is 22.7. The van der Waals surface area contributed by atoms with Crippen LogP contribution in [0.15, 0.2) is 53.7 Å². The van der Waals surface area contributed by atoms with Crippen LogP contribution in [0.3, 0.4) is 0 Å². The number of pyridine rings is 1. The molecule has 2 heterocycles. The van der Waals surface area contributed by atoms with Crippen molar-refractivity contribution in [3.8, 4) is 5.75 Å². The summed E-state index contributed by atoms with van der Waals surface area (Å²) >= 11 is 0. The minimum absolute atomic E-state index is 0.122. The maximum absolute atomic E-state index is 12.6. The van der Waals surface area contributed by atoms with Crippen molar-refractivity contribution in [3.63, 3.8) is 0 Å². The van der Waals surface area contributed by atoms with Crippen LogP contribution in [0.2, 0.25) is 0 Å². The van der Waals surface area contributed by atoms with Gasteiger partial charge in [-0.1, -0.05) is 12.1 Å². The van der Waals surface area contributed by atoms with Crippen molar-refractivity contribution in [1.82, 2.24) is 19.9 Å². The predicted octanol–water partition coefficient (Wildman–Crippen LogP) is 0.924. The van der Waals surface area contributed by atoms with E-state index in [0.717, 1.165) is 11.3 Å². The van der Waals surface area contributed by atoms with Gasteiger partial charge < -0.3 is 15.4 Å². The number of carbonyl (C=O) groups is 2. The van der Waals surface area contributed by atoms with E-state index in [9.17, 15) is 18.0 Å². The second-order valence-corrected chi connectivity index (χ2v) is 9.15. The van der Waals surface area contributed by atoms with E-state index in [2.05, 4.69) is 15.6 Å². The summed E-state index contributed by atoms with van der Waals surface area (Å²) in [6.45, 7) is 0.727. The minimum atomic E-state index is -3.61. The molecule has 1 aliphatic heterocycles. The molecule has 9 nitrogen and oxygen atoms in total. The molecule has 0 radical (unpaired) electrons. The maximum atomic E-state index is 12.6. The minimum Gasteiger partial charge on any atom is -0.497 e. The van der Waals surface area contributed by atoms with Crippen LogP contribution in [0.25, 0.3) is 0 Å². The summed E-state index contributed by atoms with van der Waals surface area (Å²) in [5.74, 6) is -0.116. The van der Waals surface area contributed by atoms with Crippen LogP contribution in [0.4, 0.5) is 0 Å². The highest BCUT2D eigenvalue weighted by Crippen LogP contribution is 2.23. The van der Waals surface area contributed by atoms with Gasteiger partial charge in [-0.3, -0.25) is 14.6 Å². The Labute approximate surface area is 181 Å². The van der Waals surface area contributed by atoms with Gasteiger partial charge in [-0.2, -0.15) is 4.31 Å². The second kappa shape index (κ2) is 10.4. The summed E-state index contributed by atoms with van der Waals surface area (Å²) < 4.78 is 31.7. The van der Waals surface area contributed by atoms with Crippen molar-refractivity contribution < 1.29 is 22.7 Å². The van der Waals surface area contributed by atoms with Crippen LogP contribution in [-0.4, -0.2) is 56.3 Å². The summed E-state index contributed by atoms with van der Waals surface area (Å²) in [4.78, 5) is 28.4. The van der Waals surface area contributed by atoms with Crippen LogP contribution >= 0.6 is 0 Å². The van der Waals surface area contributed by atoms with Gasteiger partial charge in [-0.05, 0) is 42.7 Å². The summed E-state index contributed by atoms with van der Waals surface area (Å²) in [5, 5.41) is 5.39. The van der Waals surface area contributed by atoms with Gasteiger partial charge in [0.15, 0.2) is 0 Å². The second-order valence-electron chi connectivity index (χ2n) is 7.21. The Morgan fingerprint density at radius 1 is 1.13 bits per heavy atom. The van der Waals surface area contributed by atoms with E-state index in [1.54, 1.807) is 13.2 Å². The quantitative estimate of drug-likeness (QED) is 0.623. The van der Waals surface area contributed by atoms with Gasteiger partial charge in [0, 0.05) is 37.9 Å². The average Bonchev–Trinajstić information content (AvgIpc) is 2.82. The fraction of sp³-hybridized carbons (Fsp3) is 0.381. The molecule has 166 valence electrons. The molecule has 10 heteroatoms. The molecule has 31 heavy (non-hydrogen) atoms. The van der Waals surface area contributed by atoms with Gasteiger partial charge in [0.05, 0.1) is 13.7 Å². The van der Waals surface area contributed by atoms with Gasteiger partial charge in [-0.15, -0.1) is 0 Å². The Morgan fingerprint density at radius 2 is 1.84 bits per heavy atom. The third-order valence-corrected chi connectivity index (χ3v) is 7.05. The largest absolute Gasteiger partial charge is 0.497 e. The Bertz CT molecular complexity index is 988. The number of nitrogens with one attached hydrogen (secondary N) is 2. The Morgan fingerprint density at radius 3 is 2.45 bits per heavy atom. The normalized spacial score (nSPS) is 15.3. The van der Waals surface area contributed by atoms with Gasteiger partial charge in [0.1, 0.15) is 10.6 Å². The molecule has 2 N–H and O–H groups in total. The Balaban J connectivity index is 1.41. The molecule has 1 aromatic heterocycles. The molecule has 2 aromatic rings. The molecule has 0 atom stereocenters. The zero-order valence-electron chi connectivity index (χ0n) is 17.3. The molecule has 0 aliphatic carbocycles. The Kier molecular flexibility index (Phi) is 7.59. The van der Waals surface area contributed by atoms with Gasteiger partial charge in [-0.25, -0.2) is 8.42 Å². The third kappa shape index (κ3) is 6.02. The van der Waals surface area contributed by atoms with Crippen molar-refractivity contribution >= 4 is 21.8 Å². The van der Waals surface area contributed by atoms with Gasteiger partial charge in [0.2, 0.25) is 21.8 Å². The molecule has 1 aliphatic rings. The standard InChI is InChI=1S/C21H26N4O5S/c1-30-18-6-4-16(5-7-18)13-23-20(26)15-24-21(27)17-8-11-25(12-9-17)31(28,29)19-3-2-10-22-14-19/h2-7,10,14,17H,8-9,11-13,15H2,1H3,(H,23,26)(H,24,27). The lowest BCUT2D eigenvalue weighted by atomic mass is 9.97. The lowest BCUT2D eigenvalue weighted by Crippen LogP contribution is -2.45. The van der Waals surface area contributed by atoms with E-state index >= 15 is 0 Å². The van der Waals surface area contributed by atoms with Crippen molar-refractivity contribution in [3.05, 3.63) is 54.4 Å². The number of methoxy groups -OCH3 is 1. The van der Waals surface area contributed by atoms with E-state index in [4.69, 9.17) is 4.74 Å². The smallest absolute Gasteiger partial charge is 0.244 e. The van der Waals surface area contributed by atoms with E-state index in [1.807, 2.05) is 24.3 Å². The number of rotatable bonds is 8. The summed E-state index contributed by atoms with van der Waals surface area (Å²) in [6.07, 6.45) is 3.64. The van der Waals surface area contributed by atoms with Gasteiger partial charge >= 0.3 is 0 Å². The molecule has 1 fully saturated rings. The third-order valence-electron chi connectivity index (χ3n) is 5.17. The molecule has 0 unspecified atom stereocenters. The number of amides is 2. The summed E-state index contributed by atoms with van der Waals surface area (Å²) in [7, 11) is -2.02. The van der Waals surface area contributed by atoms with E-state index < -0.39 is 10.0 Å². The van der Waals surface area contributed by atoms with Crippen LogP contribution in [0, 0.1) is 5.92 Å². The Hall–Kier alpha value is -2.98. The maximum Gasteiger partial charge on any atom is 0.244 e. The number of piperidine rings is 1. The number of aromatic nitrogens is 1. The number of carbonyl (C=O) groups excluding carboxylic acids is 2. The fourth-order valence-corrected chi connectivity index (χ4v) is 4.76. The number of hydrogen-bond acceptors (Lipinski definition) is 6. The molecular formula is C21H26N4O5S. The van der Waals surface area contributed by atoms with Crippen molar-refractivity contribution in [2.75, 3.05) is 26.7 Å². The summed E-state index contributed by atoms with van der Waals surface area (Å²) in [5.41, 5.74) is 0.919. The SMILES string of the molecule is COc1ccc(CNC(=O)CNC(=O)C2CCN(S(=O)(=O)c3cccnc3)CC2)cc1. The molecule has 0 spiro atoms. The lowest BCUT2D eigenvalue weighted by molar-refractivity contribution is -0.129. The van der Waals surface area contributed by atoms with Crippen LogP contribution in [-0.2, 0) is 26.2 Å². The van der Waals surface area contributed by atoms with Gasteiger partial charge in [0.25, 0.3) is 0 Å². The highest BCUT2D eigenvalue weighted by atomic mass is 32.2. The monoisotopic (exact) mass is 446 g/mol. The molecule has 0 saturated carbocycles. The average molecular weight is 447 g/mol. The van der Waals surface area contributed by atoms with Crippen LogP contribution < -0.4 is 15.4 Å². The molecule has 2 amide bonds. The van der Waals surface area contributed by atoms with Crippen molar-refractivity contribution in [1.29, 1.82) is 0 Å². The first-order valence-corrected chi connectivity index (χ1v) is 11.4. The molecule has 0 bridgehead atoms. The highest BCUT2D eigenvalue weighted by molar-refractivity contribution is 7.89. The molecule has 1 saturated heterocycles. The molecular weight excluding hydrogens is 420 g/mol. The first-order chi connectivity index (χ1) is 14.9. The van der Waals surface area contributed by atoms with E-state index in [0.29, 0.717) is 19.4 Å². The van der Waals surface area contributed by atoms with E-state index in [1.165, 1.54) is 22.8 Å². The fourth-order valence-electron chi connectivity index (χ4n) is 3.33. The zero-order chi connectivity index (χ0) is 22.3. The molecule has 1 aromatic carbocycles. The number of sulfonamides is 1. The highest BCUT2D eigenvalue weighted by Gasteiger charge is 2.32. The predicted molar refractivity (Wildman–Crippen MR) is 114 cm³/mol. The zero-order valence-corrected chi connectivity index (χ0v) is 18.1. The number of nitrogens with zero attached hydrogens (tertiary/aromatic N) is 2. The van der Waals surface area contributed by atoms with Crippen LogP contribution in [0.1, 0.15) is 18.4 Å². The number of hydrogen-bond donors (Lipinski definition) is 2. The lowest BCUT2D eigenvalue weighted by Gasteiger charge is -2.30. The first-order valence-electron chi connectivity index (χ1n) is 9.97. The number of ether oxygens (including phenoxy) is 1. The molecule has 3 rings (SSSR count). The summed E-state index contributed by atoms with van der Waals surface area (Å²) in [6, 6.07) is 10.4. The topological polar surface area (TPSA) is 118 Å². The van der Waals surface area contributed by atoms with Crippen molar-refractivity contribution in [2.24, 2.45) is 5.92 Å².